The van der Waals surface area contributed by atoms with E-state index >= 15 is 0 Å². The summed E-state index contributed by atoms with van der Waals surface area (Å²) in [5, 5.41) is 0. The Morgan fingerprint density at radius 2 is 1.82 bits per heavy atom. The Morgan fingerprint density at radius 3 is 2.29 bits per heavy atom. The second-order valence-electron chi connectivity index (χ2n) is 4.28. The van der Waals surface area contributed by atoms with Gasteiger partial charge in [0.15, 0.2) is 9.84 Å². The van der Waals surface area contributed by atoms with Crippen LogP contribution in [-0.2, 0) is 9.84 Å². The lowest BCUT2D eigenvalue weighted by Crippen LogP contribution is -2.35. The number of rotatable bonds is 5. The van der Waals surface area contributed by atoms with E-state index < -0.39 is 21.7 Å². The monoisotopic (exact) mass is 259 g/mol. The van der Waals surface area contributed by atoms with Gasteiger partial charge in [-0.3, -0.25) is 0 Å². The van der Waals surface area contributed by atoms with Crippen molar-refractivity contribution < 1.29 is 12.8 Å². The molecule has 3 nitrogen and oxygen atoms in total. The highest BCUT2D eigenvalue weighted by molar-refractivity contribution is 7.91. The van der Waals surface area contributed by atoms with Crippen LogP contribution in [0, 0.1) is 11.7 Å². The van der Waals surface area contributed by atoms with Gasteiger partial charge in [0.05, 0.1) is 10.6 Å². The van der Waals surface area contributed by atoms with E-state index in [0.717, 1.165) is 18.6 Å². The largest absolute Gasteiger partial charge is 0.327 e. The van der Waals surface area contributed by atoms with Gasteiger partial charge in [-0.1, -0.05) is 20.3 Å². The number of hydrogen-bond donors (Lipinski definition) is 1. The molecule has 5 heteroatoms. The lowest BCUT2D eigenvalue weighted by molar-refractivity contribution is 0.466. The van der Waals surface area contributed by atoms with Gasteiger partial charge in [0, 0.05) is 6.04 Å². The fourth-order valence-electron chi connectivity index (χ4n) is 1.46. The number of halogens is 1. The molecular weight excluding hydrogens is 241 g/mol. The van der Waals surface area contributed by atoms with Crippen molar-refractivity contribution in [2.24, 2.45) is 11.7 Å². The SMILES string of the molecule is CCC(C)C(N)CS(=O)(=O)c1ccc(F)cc1. The number of sulfone groups is 1. The van der Waals surface area contributed by atoms with Crippen LogP contribution < -0.4 is 5.73 Å². The average molecular weight is 259 g/mol. The molecule has 0 saturated heterocycles. The van der Waals surface area contributed by atoms with E-state index in [0.29, 0.717) is 0 Å². The topological polar surface area (TPSA) is 60.2 Å². The molecule has 0 aliphatic rings. The van der Waals surface area contributed by atoms with E-state index in [-0.39, 0.29) is 16.6 Å². The average Bonchev–Trinajstić information content (AvgIpc) is 2.27. The van der Waals surface area contributed by atoms with E-state index in [1.807, 2.05) is 13.8 Å². The molecule has 2 atom stereocenters. The van der Waals surface area contributed by atoms with Crippen molar-refractivity contribution >= 4 is 9.84 Å². The molecule has 0 bridgehead atoms. The molecule has 0 aliphatic heterocycles. The molecule has 0 saturated carbocycles. The standard InChI is InChI=1S/C12H18FNO2S/c1-3-9(2)12(14)8-17(15,16)11-6-4-10(13)5-7-11/h4-7,9,12H,3,8,14H2,1-2H3. The minimum atomic E-state index is -3.42. The molecule has 1 rings (SSSR count). The fourth-order valence-corrected chi connectivity index (χ4v) is 3.04. The highest BCUT2D eigenvalue weighted by atomic mass is 32.2. The molecular formula is C12H18FNO2S. The predicted molar refractivity (Wildman–Crippen MR) is 65.9 cm³/mol. The Labute approximate surface area is 102 Å². The summed E-state index contributed by atoms with van der Waals surface area (Å²) in [6.07, 6.45) is 0.833. The van der Waals surface area contributed by atoms with Crippen LogP contribution in [0.4, 0.5) is 4.39 Å². The maximum atomic E-state index is 12.7. The number of hydrogen-bond acceptors (Lipinski definition) is 3. The van der Waals surface area contributed by atoms with Gasteiger partial charge in [0.25, 0.3) is 0 Å². The maximum absolute atomic E-state index is 12.7. The van der Waals surface area contributed by atoms with Gasteiger partial charge >= 0.3 is 0 Å². The molecule has 0 amide bonds. The molecule has 0 spiro atoms. The van der Waals surface area contributed by atoms with Gasteiger partial charge < -0.3 is 5.73 Å². The first kappa shape index (κ1) is 14.1. The fraction of sp³-hybridized carbons (Fsp3) is 0.500. The van der Waals surface area contributed by atoms with Crippen LogP contribution >= 0.6 is 0 Å². The lowest BCUT2D eigenvalue weighted by Gasteiger charge is -2.18. The maximum Gasteiger partial charge on any atom is 0.179 e. The Balaban J connectivity index is 2.85. The summed E-state index contributed by atoms with van der Waals surface area (Å²) in [4.78, 5) is 0.123. The van der Waals surface area contributed by atoms with Crippen LogP contribution in [0.25, 0.3) is 0 Å². The Kier molecular flexibility index (Phi) is 4.65. The van der Waals surface area contributed by atoms with Crippen LogP contribution in [0.5, 0.6) is 0 Å². The first-order valence-corrected chi connectivity index (χ1v) is 7.26. The summed E-state index contributed by atoms with van der Waals surface area (Å²) >= 11 is 0. The molecule has 2 N–H and O–H groups in total. The van der Waals surface area contributed by atoms with Crippen molar-refractivity contribution in [3.05, 3.63) is 30.1 Å². The van der Waals surface area contributed by atoms with Crippen LogP contribution in [0.1, 0.15) is 20.3 Å². The molecule has 2 unspecified atom stereocenters. The number of benzene rings is 1. The molecule has 0 fully saturated rings. The lowest BCUT2D eigenvalue weighted by atomic mass is 10.0. The highest BCUT2D eigenvalue weighted by Crippen LogP contribution is 2.15. The van der Waals surface area contributed by atoms with Gasteiger partial charge in [0.1, 0.15) is 5.82 Å². The zero-order valence-corrected chi connectivity index (χ0v) is 10.9. The third kappa shape index (κ3) is 3.78. The minimum Gasteiger partial charge on any atom is -0.327 e. The van der Waals surface area contributed by atoms with Gasteiger partial charge in [-0.15, -0.1) is 0 Å². The summed E-state index contributed by atoms with van der Waals surface area (Å²) in [5.41, 5.74) is 5.83. The summed E-state index contributed by atoms with van der Waals surface area (Å²) in [7, 11) is -3.42. The third-order valence-electron chi connectivity index (χ3n) is 2.96. The van der Waals surface area contributed by atoms with Gasteiger partial charge in [-0.05, 0) is 30.2 Å². The Morgan fingerprint density at radius 1 is 1.29 bits per heavy atom. The molecule has 1 aromatic carbocycles. The van der Waals surface area contributed by atoms with Crippen LogP contribution in [0.3, 0.4) is 0 Å². The van der Waals surface area contributed by atoms with E-state index in [1.165, 1.54) is 12.1 Å². The van der Waals surface area contributed by atoms with Crippen molar-refractivity contribution in [1.82, 2.24) is 0 Å². The summed E-state index contributed by atoms with van der Waals surface area (Å²) in [5.74, 6) is -0.409. The molecule has 17 heavy (non-hydrogen) atoms. The third-order valence-corrected chi connectivity index (χ3v) is 4.77. The Bertz CT molecular complexity index is 456. The molecule has 0 radical (unpaired) electrons. The van der Waals surface area contributed by atoms with Crippen molar-refractivity contribution in [3.63, 3.8) is 0 Å². The van der Waals surface area contributed by atoms with Crippen LogP contribution in [0.2, 0.25) is 0 Å². The second-order valence-corrected chi connectivity index (χ2v) is 6.32. The van der Waals surface area contributed by atoms with E-state index in [2.05, 4.69) is 0 Å². The molecule has 0 aromatic heterocycles. The first-order valence-electron chi connectivity index (χ1n) is 5.60. The second kappa shape index (κ2) is 5.60. The van der Waals surface area contributed by atoms with Crippen LogP contribution in [-0.4, -0.2) is 20.2 Å². The van der Waals surface area contributed by atoms with E-state index in [4.69, 9.17) is 5.73 Å². The van der Waals surface area contributed by atoms with E-state index in [1.54, 1.807) is 0 Å². The summed E-state index contributed by atoms with van der Waals surface area (Å²) < 4.78 is 36.6. The normalized spacial score (nSPS) is 15.5. The smallest absolute Gasteiger partial charge is 0.179 e. The Hall–Kier alpha value is -0.940. The minimum absolute atomic E-state index is 0.104. The van der Waals surface area contributed by atoms with Crippen molar-refractivity contribution in [3.8, 4) is 0 Å². The van der Waals surface area contributed by atoms with E-state index in [9.17, 15) is 12.8 Å². The van der Waals surface area contributed by atoms with Gasteiger partial charge in [0.2, 0.25) is 0 Å². The zero-order valence-electron chi connectivity index (χ0n) is 10.1. The predicted octanol–water partition coefficient (Wildman–Crippen LogP) is 1.97. The quantitative estimate of drug-likeness (QED) is 0.822. The summed E-state index contributed by atoms with van der Waals surface area (Å²) in [6.45, 7) is 3.89. The molecule has 0 aliphatic carbocycles. The van der Waals surface area contributed by atoms with Crippen molar-refractivity contribution in [2.45, 2.75) is 31.2 Å². The van der Waals surface area contributed by atoms with Gasteiger partial charge in [-0.25, -0.2) is 12.8 Å². The van der Waals surface area contributed by atoms with Crippen LogP contribution in [0.15, 0.2) is 29.2 Å². The van der Waals surface area contributed by atoms with Crippen molar-refractivity contribution in [2.75, 3.05) is 5.75 Å². The first-order chi connectivity index (χ1) is 7.86. The zero-order chi connectivity index (χ0) is 13.1. The molecule has 1 aromatic rings. The molecule has 0 heterocycles. The van der Waals surface area contributed by atoms with Gasteiger partial charge in [-0.2, -0.15) is 0 Å². The van der Waals surface area contributed by atoms with Crippen molar-refractivity contribution in [1.29, 1.82) is 0 Å². The number of nitrogens with two attached hydrogens (primary N) is 1. The summed E-state index contributed by atoms with van der Waals surface area (Å²) in [6, 6.07) is 4.43. The molecule has 96 valence electrons. The highest BCUT2D eigenvalue weighted by Gasteiger charge is 2.21.